The van der Waals surface area contributed by atoms with Gasteiger partial charge >= 0.3 is 0 Å². The van der Waals surface area contributed by atoms with E-state index >= 15 is 0 Å². The lowest BCUT2D eigenvalue weighted by Crippen LogP contribution is -2.12. The highest BCUT2D eigenvalue weighted by molar-refractivity contribution is 7.13. The number of methoxy groups -OCH3 is 2. The fourth-order valence-corrected chi connectivity index (χ4v) is 2.91. The third kappa shape index (κ3) is 3.38. The van der Waals surface area contributed by atoms with Gasteiger partial charge < -0.3 is 14.8 Å². The van der Waals surface area contributed by atoms with Crippen LogP contribution in [0.5, 0.6) is 11.5 Å². The first-order valence-electron chi connectivity index (χ1n) is 7.24. The van der Waals surface area contributed by atoms with E-state index in [0.29, 0.717) is 22.7 Å². The molecule has 0 aliphatic rings. The normalized spacial score (nSPS) is 10.2. The van der Waals surface area contributed by atoms with Gasteiger partial charge in [-0.15, -0.1) is 11.3 Å². The molecule has 2 aromatic carbocycles. The highest BCUT2D eigenvalue weighted by Crippen LogP contribution is 2.30. The second-order valence-electron chi connectivity index (χ2n) is 4.94. The van der Waals surface area contributed by atoms with E-state index in [1.165, 1.54) is 11.3 Å². The minimum atomic E-state index is -0.194. The van der Waals surface area contributed by atoms with E-state index in [9.17, 15) is 4.79 Å². The summed E-state index contributed by atoms with van der Waals surface area (Å²) in [6.07, 6.45) is 1.75. The molecule has 0 radical (unpaired) electrons. The molecule has 0 saturated heterocycles. The van der Waals surface area contributed by atoms with Crippen LogP contribution in [0.4, 0.5) is 5.69 Å². The number of ether oxygens (including phenoxy) is 2. The van der Waals surface area contributed by atoms with Crippen LogP contribution in [0.2, 0.25) is 0 Å². The molecular formula is C18H16N2O3S. The Bertz CT molecular complexity index is 847. The lowest BCUT2D eigenvalue weighted by molar-refractivity contribution is 0.102. The summed E-state index contributed by atoms with van der Waals surface area (Å²) in [5, 5.41) is 5.66. The summed E-state index contributed by atoms with van der Waals surface area (Å²) < 4.78 is 10.4. The second-order valence-corrected chi connectivity index (χ2v) is 5.84. The lowest BCUT2D eigenvalue weighted by atomic mass is 10.1. The fourth-order valence-electron chi connectivity index (χ4n) is 2.28. The monoisotopic (exact) mass is 340 g/mol. The molecule has 0 fully saturated rings. The van der Waals surface area contributed by atoms with E-state index in [1.807, 2.05) is 23.6 Å². The topological polar surface area (TPSA) is 60.5 Å². The highest BCUT2D eigenvalue weighted by Gasteiger charge is 2.11. The van der Waals surface area contributed by atoms with E-state index in [-0.39, 0.29) is 5.91 Å². The zero-order valence-corrected chi connectivity index (χ0v) is 14.1. The number of aromatic nitrogens is 1. The third-order valence-electron chi connectivity index (χ3n) is 3.45. The molecule has 5 nitrogen and oxygen atoms in total. The molecule has 24 heavy (non-hydrogen) atoms. The number of nitrogens with zero attached hydrogens (tertiary/aromatic N) is 1. The maximum absolute atomic E-state index is 12.5. The van der Waals surface area contributed by atoms with Crippen LogP contribution in [-0.2, 0) is 0 Å². The van der Waals surface area contributed by atoms with Crippen LogP contribution in [-0.4, -0.2) is 25.1 Å². The Morgan fingerprint density at radius 3 is 2.62 bits per heavy atom. The molecule has 0 spiro atoms. The van der Waals surface area contributed by atoms with E-state index < -0.39 is 0 Å². The van der Waals surface area contributed by atoms with Crippen molar-refractivity contribution in [2.45, 2.75) is 0 Å². The molecule has 3 aromatic rings. The van der Waals surface area contributed by atoms with Gasteiger partial charge in [0.1, 0.15) is 5.01 Å². The van der Waals surface area contributed by atoms with E-state index in [2.05, 4.69) is 10.3 Å². The largest absolute Gasteiger partial charge is 0.493 e. The van der Waals surface area contributed by atoms with Crippen molar-refractivity contribution in [2.75, 3.05) is 19.5 Å². The van der Waals surface area contributed by atoms with Crippen molar-refractivity contribution in [1.29, 1.82) is 0 Å². The predicted molar refractivity (Wildman–Crippen MR) is 95.0 cm³/mol. The van der Waals surface area contributed by atoms with Gasteiger partial charge in [-0.2, -0.15) is 0 Å². The van der Waals surface area contributed by atoms with E-state index in [0.717, 1.165) is 10.6 Å². The fraction of sp³-hybridized carbons (Fsp3) is 0.111. The molecule has 122 valence electrons. The Morgan fingerprint density at radius 1 is 1.08 bits per heavy atom. The zero-order chi connectivity index (χ0) is 16.9. The Balaban J connectivity index is 1.81. The summed E-state index contributed by atoms with van der Waals surface area (Å²) in [5.41, 5.74) is 2.12. The first kappa shape index (κ1) is 16.0. The molecule has 0 bridgehead atoms. The van der Waals surface area contributed by atoms with Gasteiger partial charge in [-0.1, -0.05) is 12.1 Å². The van der Waals surface area contributed by atoms with Crippen LogP contribution in [0, 0.1) is 0 Å². The lowest BCUT2D eigenvalue weighted by Gasteiger charge is -2.11. The number of carbonyl (C=O) groups excluding carboxylic acids is 1. The van der Waals surface area contributed by atoms with Crippen molar-refractivity contribution in [2.24, 2.45) is 0 Å². The first-order chi connectivity index (χ1) is 11.7. The Labute approximate surface area is 143 Å². The summed E-state index contributed by atoms with van der Waals surface area (Å²) in [4.78, 5) is 16.8. The van der Waals surface area contributed by atoms with Gasteiger partial charge in [-0.05, 0) is 24.3 Å². The average Bonchev–Trinajstić information content (AvgIpc) is 3.16. The molecule has 6 heteroatoms. The van der Waals surface area contributed by atoms with E-state index in [4.69, 9.17) is 9.47 Å². The molecule has 1 amide bonds. The number of anilines is 1. The van der Waals surface area contributed by atoms with Crippen LogP contribution < -0.4 is 14.8 Å². The van der Waals surface area contributed by atoms with Crippen LogP contribution in [0.3, 0.4) is 0 Å². The number of thiazole rings is 1. The molecule has 0 aliphatic heterocycles. The third-order valence-corrected chi connectivity index (χ3v) is 4.27. The average molecular weight is 340 g/mol. The SMILES string of the molecule is COc1ccc(NC(=O)c2cccc(-c3nccs3)c2)cc1OC. The van der Waals surface area contributed by atoms with Crippen molar-refractivity contribution in [3.05, 3.63) is 59.6 Å². The molecule has 0 aliphatic carbocycles. The van der Waals surface area contributed by atoms with Crippen molar-refractivity contribution in [1.82, 2.24) is 4.98 Å². The van der Waals surface area contributed by atoms with Crippen LogP contribution in [0.15, 0.2) is 54.0 Å². The second kappa shape index (κ2) is 7.14. The number of carbonyl (C=O) groups is 1. The molecule has 0 atom stereocenters. The van der Waals surface area contributed by atoms with Crippen molar-refractivity contribution >= 4 is 22.9 Å². The van der Waals surface area contributed by atoms with Gasteiger partial charge in [0.15, 0.2) is 11.5 Å². The molecular weight excluding hydrogens is 324 g/mol. The summed E-state index contributed by atoms with van der Waals surface area (Å²) in [7, 11) is 3.13. The van der Waals surface area contributed by atoms with Crippen molar-refractivity contribution < 1.29 is 14.3 Å². The van der Waals surface area contributed by atoms with Gasteiger partial charge in [-0.3, -0.25) is 4.79 Å². The van der Waals surface area contributed by atoms with Gasteiger partial charge in [0.05, 0.1) is 14.2 Å². The standard InChI is InChI=1S/C18H16N2O3S/c1-22-15-7-6-14(11-16(15)23-2)20-17(21)12-4-3-5-13(10-12)18-19-8-9-24-18/h3-11H,1-2H3,(H,20,21). The smallest absolute Gasteiger partial charge is 0.255 e. The molecule has 3 rings (SSSR count). The number of hydrogen-bond acceptors (Lipinski definition) is 5. The Hall–Kier alpha value is -2.86. The van der Waals surface area contributed by atoms with Crippen LogP contribution in [0.25, 0.3) is 10.6 Å². The number of hydrogen-bond donors (Lipinski definition) is 1. The van der Waals surface area contributed by atoms with Crippen LogP contribution in [0.1, 0.15) is 10.4 Å². The molecule has 1 heterocycles. The zero-order valence-electron chi connectivity index (χ0n) is 13.3. The van der Waals surface area contributed by atoms with Crippen LogP contribution >= 0.6 is 11.3 Å². The van der Waals surface area contributed by atoms with Gasteiger partial charge in [0.25, 0.3) is 5.91 Å². The summed E-state index contributed by atoms with van der Waals surface area (Å²) in [6.45, 7) is 0. The maximum atomic E-state index is 12.5. The molecule has 1 aromatic heterocycles. The van der Waals surface area contributed by atoms with Gasteiger partial charge in [0.2, 0.25) is 0 Å². The number of nitrogens with one attached hydrogen (secondary N) is 1. The number of rotatable bonds is 5. The minimum absolute atomic E-state index is 0.194. The Kier molecular flexibility index (Phi) is 4.77. The van der Waals surface area contributed by atoms with Crippen molar-refractivity contribution in [3.63, 3.8) is 0 Å². The van der Waals surface area contributed by atoms with E-state index in [1.54, 1.807) is 44.7 Å². The van der Waals surface area contributed by atoms with Gasteiger partial charge in [-0.25, -0.2) is 4.98 Å². The Morgan fingerprint density at radius 2 is 1.92 bits per heavy atom. The molecule has 0 saturated carbocycles. The predicted octanol–water partition coefficient (Wildman–Crippen LogP) is 4.08. The highest BCUT2D eigenvalue weighted by atomic mass is 32.1. The maximum Gasteiger partial charge on any atom is 0.255 e. The number of benzene rings is 2. The van der Waals surface area contributed by atoms with Gasteiger partial charge in [0, 0.05) is 34.5 Å². The summed E-state index contributed by atoms with van der Waals surface area (Å²) in [6, 6.07) is 12.6. The quantitative estimate of drug-likeness (QED) is 0.760. The van der Waals surface area contributed by atoms with Crippen molar-refractivity contribution in [3.8, 4) is 22.1 Å². The number of amides is 1. The summed E-state index contributed by atoms with van der Waals surface area (Å²) >= 11 is 1.54. The molecule has 1 N–H and O–H groups in total. The minimum Gasteiger partial charge on any atom is -0.493 e. The first-order valence-corrected chi connectivity index (χ1v) is 8.12. The molecule has 0 unspecified atom stereocenters. The summed E-state index contributed by atoms with van der Waals surface area (Å²) in [5.74, 6) is 0.980.